The number of rotatable bonds is 7. The maximum atomic E-state index is 13.0. The lowest BCUT2D eigenvalue weighted by atomic mass is 10.2. The minimum absolute atomic E-state index is 0.123. The van der Waals surface area contributed by atoms with Crippen molar-refractivity contribution in [3.63, 3.8) is 0 Å². The van der Waals surface area contributed by atoms with Crippen LogP contribution < -0.4 is 14.8 Å². The summed E-state index contributed by atoms with van der Waals surface area (Å²) in [7, 11) is -2.63. The van der Waals surface area contributed by atoms with E-state index in [9.17, 15) is 13.2 Å². The van der Waals surface area contributed by atoms with Crippen LogP contribution in [-0.4, -0.2) is 31.4 Å². The summed E-state index contributed by atoms with van der Waals surface area (Å²) in [4.78, 5) is 19.8. The normalized spacial score (nSPS) is 11.1. The summed E-state index contributed by atoms with van der Waals surface area (Å²) in [6.45, 7) is 0. The summed E-state index contributed by atoms with van der Waals surface area (Å²) in [5.41, 5.74) is 1.62. The zero-order valence-corrected chi connectivity index (χ0v) is 20.8. The predicted octanol–water partition coefficient (Wildman–Crippen LogP) is 5.55. The molecule has 1 heterocycles. The van der Waals surface area contributed by atoms with Crippen molar-refractivity contribution in [3.05, 3.63) is 88.1 Å². The van der Waals surface area contributed by atoms with Crippen LogP contribution in [0, 0.1) is 0 Å². The molecule has 11 heteroatoms. The maximum absolute atomic E-state index is 13.0. The van der Waals surface area contributed by atoms with Crippen LogP contribution in [0.15, 0.2) is 82.3 Å². The van der Waals surface area contributed by atoms with Gasteiger partial charge < -0.3 is 15.0 Å². The molecule has 0 spiro atoms. The molecule has 0 atom stereocenters. The van der Waals surface area contributed by atoms with Gasteiger partial charge in [-0.15, -0.1) is 0 Å². The number of nitrogens with zero attached hydrogens (tertiary/aromatic N) is 1. The predicted molar refractivity (Wildman–Crippen MR) is 135 cm³/mol. The van der Waals surface area contributed by atoms with Crippen LogP contribution in [0.2, 0.25) is 5.02 Å². The van der Waals surface area contributed by atoms with E-state index in [0.29, 0.717) is 16.5 Å². The van der Waals surface area contributed by atoms with E-state index in [1.807, 2.05) is 0 Å². The number of aromatic nitrogens is 2. The Morgan fingerprint density at radius 3 is 2.38 bits per heavy atom. The molecule has 0 unspecified atom stereocenters. The number of carbonyl (C=O) groups excluding carboxylic acids is 1. The highest BCUT2D eigenvalue weighted by molar-refractivity contribution is 9.10. The molecule has 3 N–H and O–H groups in total. The molecule has 1 amide bonds. The van der Waals surface area contributed by atoms with Gasteiger partial charge in [-0.2, -0.15) is 0 Å². The van der Waals surface area contributed by atoms with Gasteiger partial charge in [0.25, 0.3) is 15.9 Å². The maximum Gasteiger partial charge on any atom is 0.273 e. The summed E-state index contributed by atoms with van der Waals surface area (Å²) < 4.78 is 34.6. The highest BCUT2D eigenvalue weighted by Gasteiger charge is 2.21. The number of hydrogen-bond acceptors (Lipinski definition) is 5. The Hall–Kier alpha value is -3.34. The molecular formula is C23H18BrClN4O4S. The fourth-order valence-corrected chi connectivity index (χ4v) is 4.73. The van der Waals surface area contributed by atoms with Crippen LogP contribution in [0.3, 0.4) is 0 Å². The number of imidazole rings is 1. The molecule has 0 fully saturated rings. The van der Waals surface area contributed by atoms with Crippen molar-refractivity contribution in [2.75, 3.05) is 17.1 Å². The third-order valence-electron chi connectivity index (χ3n) is 4.75. The average Bonchev–Trinajstić information content (AvgIpc) is 3.31. The number of carbonyl (C=O) groups is 1. The van der Waals surface area contributed by atoms with Crippen molar-refractivity contribution in [1.82, 2.24) is 9.97 Å². The molecule has 8 nitrogen and oxygen atoms in total. The molecule has 0 bridgehead atoms. The topological polar surface area (TPSA) is 113 Å². The molecule has 0 aliphatic carbocycles. The van der Waals surface area contributed by atoms with Crippen molar-refractivity contribution in [2.24, 2.45) is 0 Å². The van der Waals surface area contributed by atoms with Crippen molar-refractivity contribution in [3.8, 4) is 17.1 Å². The van der Waals surface area contributed by atoms with Crippen molar-refractivity contribution in [2.45, 2.75) is 4.90 Å². The zero-order valence-electron chi connectivity index (χ0n) is 17.7. The van der Waals surface area contributed by atoms with Crippen LogP contribution in [0.4, 0.5) is 11.4 Å². The Kier molecular flexibility index (Phi) is 6.92. The SMILES string of the molecule is COc1ccc(NC(=O)c2cnc(-c3ccc(Cl)cc3)[nH]2)cc1S(=O)(=O)Nc1ccc(Br)cc1. The van der Waals surface area contributed by atoms with Gasteiger partial charge in [-0.3, -0.25) is 9.52 Å². The fraction of sp³-hybridized carbons (Fsp3) is 0.0435. The number of amides is 1. The number of sulfonamides is 1. The van der Waals surface area contributed by atoms with Gasteiger partial charge in [-0.1, -0.05) is 27.5 Å². The first-order valence-electron chi connectivity index (χ1n) is 9.84. The Morgan fingerprint density at radius 2 is 1.71 bits per heavy atom. The van der Waals surface area contributed by atoms with Gasteiger partial charge in [0, 0.05) is 26.4 Å². The fourth-order valence-electron chi connectivity index (χ4n) is 3.08. The van der Waals surface area contributed by atoms with Crippen LogP contribution in [0.1, 0.15) is 10.5 Å². The number of methoxy groups -OCH3 is 1. The van der Waals surface area contributed by atoms with Crippen molar-refractivity contribution >= 4 is 54.8 Å². The first-order valence-corrected chi connectivity index (χ1v) is 12.5. The van der Waals surface area contributed by atoms with E-state index in [1.165, 1.54) is 25.4 Å². The number of halogens is 2. The molecule has 174 valence electrons. The van der Waals surface area contributed by atoms with Crippen molar-refractivity contribution < 1.29 is 17.9 Å². The van der Waals surface area contributed by atoms with Gasteiger partial charge in [0.1, 0.15) is 22.2 Å². The van der Waals surface area contributed by atoms with E-state index >= 15 is 0 Å². The average molecular weight is 562 g/mol. The standard InChI is InChI=1S/C23H18BrClN4O4S/c1-33-20-11-10-18(12-21(20)34(31,32)29-17-8-4-15(24)5-9-17)27-23(30)19-13-26-22(28-19)14-2-6-16(25)7-3-14/h2-13,29H,1H3,(H,26,28)(H,27,30). The molecule has 0 aliphatic heterocycles. The lowest BCUT2D eigenvalue weighted by Gasteiger charge is -2.13. The quantitative estimate of drug-likeness (QED) is 0.274. The third kappa shape index (κ3) is 5.41. The van der Waals surface area contributed by atoms with E-state index in [0.717, 1.165) is 10.0 Å². The van der Waals surface area contributed by atoms with Crippen LogP contribution in [0.5, 0.6) is 5.75 Å². The number of nitrogens with one attached hydrogen (secondary N) is 3. The lowest BCUT2D eigenvalue weighted by Crippen LogP contribution is -2.16. The first-order chi connectivity index (χ1) is 16.2. The highest BCUT2D eigenvalue weighted by atomic mass is 79.9. The molecule has 34 heavy (non-hydrogen) atoms. The van der Waals surface area contributed by atoms with Crippen LogP contribution >= 0.6 is 27.5 Å². The van der Waals surface area contributed by atoms with Crippen molar-refractivity contribution in [1.29, 1.82) is 0 Å². The number of ether oxygens (including phenoxy) is 1. The Balaban J connectivity index is 1.56. The summed E-state index contributed by atoms with van der Waals surface area (Å²) in [5, 5.41) is 3.27. The minimum atomic E-state index is -4.00. The van der Waals surface area contributed by atoms with Gasteiger partial charge in [0.2, 0.25) is 0 Å². The van der Waals surface area contributed by atoms with E-state index < -0.39 is 15.9 Å². The summed E-state index contributed by atoms with van der Waals surface area (Å²) in [6, 6.07) is 18.0. The number of benzene rings is 3. The molecule has 0 aliphatic rings. The van der Waals surface area contributed by atoms with Gasteiger partial charge in [-0.25, -0.2) is 13.4 Å². The zero-order chi connectivity index (χ0) is 24.3. The molecule has 0 radical (unpaired) electrons. The molecule has 0 saturated heterocycles. The monoisotopic (exact) mass is 560 g/mol. The van der Waals surface area contributed by atoms with E-state index in [4.69, 9.17) is 16.3 Å². The highest BCUT2D eigenvalue weighted by Crippen LogP contribution is 2.29. The van der Waals surface area contributed by atoms with E-state index in [2.05, 4.69) is 35.9 Å². The third-order valence-corrected chi connectivity index (χ3v) is 6.93. The number of H-pyrrole nitrogens is 1. The summed E-state index contributed by atoms with van der Waals surface area (Å²) >= 11 is 9.22. The first kappa shape index (κ1) is 23.8. The van der Waals surface area contributed by atoms with Gasteiger partial charge in [0.05, 0.1) is 13.3 Å². The molecule has 1 aromatic heterocycles. The lowest BCUT2D eigenvalue weighted by molar-refractivity contribution is 0.102. The Morgan fingerprint density at radius 1 is 1.03 bits per heavy atom. The largest absolute Gasteiger partial charge is 0.495 e. The van der Waals surface area contributed by atoms with Gasteiger partial charge in [0.15, 0.2) is 0 Å². The second kappa shape index (κ2) is 9.88. The van der Waals surface area contributed by atoms with Crippen LogP contribution in [0.25, 0.3) is 11.4 Å². The molecule has 0 saturated carbocycles. The molecule has 3 aromatic carbocycles. The smallest absolute Gasteiger partial charge is 0.273 e. The van der Waals surface area contributed by atoms with Gasteiger partial charge in [-0.05, 0) is 66.7 Å². The van der Waals surface area contributed by atoms with Crippen LogP contribution in [-0.2, 0) is 10.0 Å². The van der Waals surface area contributed by atoms with Gasteiger partial charge >= 0.3 is 0 Å². The molecule has 4 rings (SSSR count). The number of hydrogen-bond donors (Lipinski definition) is 3. The minimum Gasteiger partial charge on any atom is -0.495 e. The Bertz CT molecular complexity index is 1440. The summed E-state index contributed by atoms with van der Waals surface area (Å²) in [6.07, 6.45) is 1.40. The molecule has 4 aromatic rings. The summed E-state index contributed by atoms with van der Waals surface area (Å²) in [5.74, 6) is 0.148. The number of anilines is 2. The van der Waals surface area contributed by atoms with E-state index in [1.54, 1.807) is 54.6 Å². The number of aromatic amines is 1. The second-order valence-corrected chi connectivity index (χ2v) is 10.1. The second-order valence-electron chi connectivity index (χ2n) is 7.08. The molecular weight excluding hydrogens is 544 g/mol. The van der Waals surface area contributed by atoms with E-state index in [-0.39, 0.29) is 22.0 Å². The Labute approximate surface area is 209 Å².